The van der Waals surface area contributed by atoms with Gasteiger partial charge in [-0.1, -0.05) is 0 Å². The van der Waals surface area contributed by atoms with E-state index in [1.165, 1.54) is 6.92 Å². The molecule has 0 aromatic heterocycles. The molecular formula is C14H9F9N2O5. The van der Waals surface area contributed by atoms with Crippen molar-refractivity contribution in [1.82, 2.24) is 0 Å². The summed E-state index contributed by atoms with van der Waals surface area (Å²) in [5.74, 6) is -29.8. The van der Waals surface area contributed by atoms with Crippen LogP contribution >= 0.6 is 0 Å². The fourth-order valence-corrected chi connectivity index (χ4v) is 2.32. The van der Waals surface area contributed by atoms with Gasteiger partial charge in [0.1, 0.15) is 11.4 Å². The van der Waals surface area contributed by atoms with Gasteiger partial charge < -0.3 is 10.1 Å². The number of benzene rings is 1. The van der Waals surface area contributed by atoms with Crippen molar-refractivity contribution in [3.8, 4) is 5.75 Å². The lowest BCUT2D eigenvalue weighted by atomic mass is 9.99. The Balaban J connectivity index is 2.45. The molecule has 30 heavy (non-hydrogen) atoms. The van der Waals surface area contributed by atoms with Crippen LogP contribution in [0.3, 0.4) is 0 Å². The van der Waals surface area contributed by atoms with E-state index in [2.05, 4.69) is 4.74 Å². The second-order valence-electron chi connectivity index (χ2n) is 5.76. The Morgan fingerprint density at radius 1 is 1.17 bits per heavy atom. The van der Waals surface area contributed by atoms with Gasteiger partial charge in [0.25, 0.3) is 5.69 Å². The van der Waals surface area contributed by atoms with Gasteiger partial charge in [0.15, 0.2) is 0 Å². The van der Waals surface area contributed by atoms with E-state index in [0.29, 0.717) is 12.1 Å². The largest absolute Gasteiger partial charge is 0.494 e. The molecular weight excluding hydrogens is 447 g/mol. The van der Waals surface area contributed by atoms with Crippen molar-refractivity contribution in [2.75, 3.05) is 11.9 Å². The molecule has 0 aliphatic carbocycles. The minimum absolute atomic E-state index is 0.000146. The van der Waals surface area contributed by atoms with Crippen molar-refractivity contribution >= 4 is 17.3 Å². The number of nitro groups is 1. The first kappa shape index (κ1) is 23.5. The average molecular weight is 456 g/mol. The second kappa shape index (κ2) is 6.88. The summed E-state index contributed by atoms with van der Waals surface area (Å²) in [6, 6.07) is 2.06. The predicted octanol–water partition coefficient (Wildman–Crippen LogP) is 4.13. The summed E-state index contributed by atoms with van der Waals surface area (Å²) in [7, 11) is 0. The molecule has 1 aromatic carbocycles. The number of anilines is 1. The van der Waals surface area contributed by atoms with Crippen LogP contribution in [0, 0.1) is 10.1 Å². The quantitative estimate of drug-likeness (QED) is 0.395. The number of amides is 1. The van der Waals surface area contributed by atoms with Gasteiger partial charge in [0, 0.05) is 0 Å². The van der Waals surface area contributed by atoms with E-state index < -0.39 is 51.9 Å². The maximum absolute atomic E-state index is 14.1. The maximum Gasteiger partial charge on any atom is 0.428 e. The number of carbonyl (C=O) groups is 1. The van der Waals surface area contributed by atoms with Gasteiger partial charge in [-0.15, -0.1) is 0 Å². The van der Waals surface area contributed by atoms with Gasteiger partial charge in [0.05, 0.1) is 17.6 Å². The van der Waals surface area contributed by atoms with E-state index in [-0.39, 0.29) is 12.4 Å². The lowest BCUT2D eigenvalue weighted by Gasteiger charge is -2.31. The third-order valence-electron chi connectivity index (χ3n) is 3.85. The number of carbonyl (C=O) groups excluding carboxylic acids is 1. The van der Waals surface area contributed by atoms with Crippen LogP contribution in [0.1, 0.15) is 6.92 Å². The topological polar surface area (TPSA) is 90.7 Å². The van der Waals surface area contributed by atoms with Gasteiger partial charge in [-0.05, 0) is 19.1 Å². The van der Waals surface area contributed by atoms with Crippen LogP contribution in [-0.4, -0.2) is 47.2 Å². The number of nitro benzene ring substituents is 1. The summed E-state index contributed by atoms with van der Waals surface area (Å²) >= 11 is 0. The summed E-state index contributed by atoms with van der Waals surface area (Å²) in [4.78, 5) is 21.4. The molecule has 1 N–H and O–H groups in total. The zero-order valence-electron chi connectivity index (χ0n) is 14.3. The van der Waals surface area contributed by atoms with Crippen LogP contribution in [0.25, 0.3) is 0 Å². The summed E-state index contributed by atoms with van der Waals surface area (Å²) in [5.41, 5.74) is -2.27. The molecule has 16 heteroatoms. The van der Waals surface area contributed by atoms with Crippen LogP contribution < -0.4 is 10.1 Å². The summed E-state index contributed by atoms with van der Waals surface area (Å²) < 4.78 is 129. The number of ether oxygens (including phenoxy) is 2. The Morgan fingerprint density at radius 2 is 1.73 bits per heavy atom. The Kier molecular flexibility index (Phi) is 5.39. The van der Waals surface area contributed by atoms with Crippen molar-refractivity contribution in [3.63, 3.8) is 0 Å². The summed E-state index contributed by atoms with van der Waals surface area (Å²) in [6.07, 6.45) is -6.40. The van der Waals surface area contributed by atoms with Gasteiger partial charge in [-0.2, -0.15) is 39.5 Å². The molecule has 1 saturated heterocycles. The van der Waals surface area contributed by atoms with E-state index >= 15 is 0 Å². The van der Waals surface area contributed by atoms with Crippen molar-refractivity contribution in [2.45, 2.75) is 36.7 Å². The standard InChI is InChI=1S/C14H9F9N2O5/c1-2-29-6-3-4-7(8(5-6)25(27)28)24-9(26)10(15,16)13(21)11(17,18)12(19,20)14(22,23)30-13/h3-5H,2H2,1H3,(H,24,26)/t13-/m0/s1. The SMILES string of the molecule is CCOc1ccc(NC(=O)C(F)(F)[C@]2(F)OC(F)(F)C(F)(F)C2(F)F)c([N+](=O)[O-])c1. The molecule has 168 valence electrons. The van der Waals surface area contributed by atoms with E-state index in [9.17, 15) is 54.4 Å². The monoisotopic (exact) mass is 456 g/mol. The van der Waals surface area contributed by atoms with Gasteiger partial charge in [0.2, 0.25) is 0 Å². The molecule has 1 aliphatic rings. The number of alkyl halides is 9. The fourth-order valence-electron chi connectivity index (χ4n) is 2.32. The molecule has 0 spiro atoms. The molecule has 1 heterocycles. The number of rotatable bonds is 6. The molecule has 0 bridgehead atoms. The molecule has 1 fully saturated rings. The van der Waals surface area contributed by atoms with Crippen LogP contribution in [0.5, 0.6) is 5.75 Å². The predicted molar refractivity (Wildman–Crippen MR) is 77.6 cm³/mol. The molecule has 1 aliphatic heterocycles. The number of nitrogens with zero attached hydrogens (tertiary/aromatic N) is 1. The van der Waals surface area contributed by atoms with Crippen molar-refractivity contribution < 1.29 is 58.7 Å². The summed E-state index contributed by atoms with van der Waals surface area (Å²) in [6.45, 7) is 1.47. The van der Waals surface area contributed by atoms with Crippen molar-refractivity contribution in [1.29, 1.82) is 0 Å². The molecule has 0 radical (unpaired) electrons. The number of hydrogen-bond donors (Lipinski definition) is 1. The molecule has 2 rings (SSSR count). The Labute approximate surface area is 159 Å². The molecule has 1 atom stereocenters. The van der Waals surface area contributed by atoms with Gasteiger partial charge in [-0.25, -0.2) is 0 Å². The highest BCUT2D eigenvalue weighted by molar-refractivity contribution is 5.99. The first-order valence-electron chi connectivity index (χ1n) is 7.59. The highest BCUT2D eigenvalue weighted by Crippen LogP contribution is 2.64. The van der Waals surface area contributed by atoms with E-state index in [1.807, 2.05) is 0 Å². The molecule has 7 nitrogen and oxygen atoms in total. The molecule has 1 aromatic rings. The number of nitrogens with one attached hydrogen (secondary N) is 1. The smallest absolute Gasteiger partial charge is 0.428 e. The lowest BCUT2D eigenvalue weighted by molar-refractivity contribution is -0.384. The normalized spacial score (nSPS) is 24.3. The van der Waals surface area contributed by atoms with Crippen LogP contribution in [-0.2, 0) is 9.53 Å². The molecule has 1 amide bonds. The van der Waals surface area contributed by atoms with E-state index in [4.69, 9.17) is 4.74 Å². The third-order valence-corrected chi connectivity index (χ3v) is 3.85. The highest BCUT2D eigenvalue weighted by Gasteiger charge is 2.96. The Morgan fingerprint density at radius 3 is 2.17 bits per heavy atom. The fraction of sp³-hybridized carbons (Fsp3) is 0.500. The summed E-state index contributed by atoms with van der Waals surface area (Å²) in [5, 5.41) is 12.0. The second-order valence-corrected chi connectivity index (χ2v) is 5.76. The van der Waals surface area contributed by atoms with Crippen molar-refractivity contribution in [2.24, 2.45) is 0 Å². The first-order chi connectivity index (χ1) is 13.5. The average Bonchev–Trinajstić information content (AvgIpc) is 2.71. The molecule has 0 unspecified atom stereocenters. The zero-order chi connectivity index (χ0) is 23.3. The minimum atomic E-state index is -6.87. The Bertz CT molecular complexity index is 879. The molecule has 0 saturated carbocycles. The minimum Gasteiger partial charge on any atom is -0.494 e. The van der Waals surface area contributed by atoms with Crippen molar-refractivity contribution in [3.05, 3.63) is 28.3 Å². The van der Waals surface area contributed by atoms with Gasteiger partial charge in [-0.3, -0.25) is 19.6 Å². The highest BCUT2D eigenvalue weighted by atomic mass is 19.4. The first-order valence-corrected chi connectivity index (χ1v) is 7.59. The van der Waals surface area contributed by atoms with E-state index in [1.54, 1.807) is 0 Å². The zero-order valence-corrected chi connectivity index (χ0v) is 14.3. The lowest BCUT2D eigenvalue weighted by Crippen LogP contribution is -2.63. The van der Waals surface area contributed by atoms with E-state index in [0.717, 1.165) is 11.4 Å². The Hall–Kier alpha value is -2.78. The number of hydrogen-bond acceptors (Lipinski definition) is 5. The third kappa shape index (κ3) is 3.09. The van der Waals surface area contributed by atoms with Gasteiger partial charge >= 0.3 is 35.6 Å². The van der Waals surface area contributed by atoms with Crippen LogP contribution in [0.4, 0.5) is 50.9 Å². The van der Waals surface area contributed by atoms with Crippen LogP contribution in [0.15, 0.2) is 18.2 Å². The maximum atomic E-state index is 14.1. The number of halogens is 9. The van der Waals surface area contributed by atoms with Crippen LogP contribution in [0.2, 0.25) is 0 Å².